The summed E-state index contributed by atoms with van der Waals surface area (Å²) in [5, 5.41) is 17.7. The van der Waals surface area contributed by atoms with Gasteiger partial charge in [0.1, 0.15) is 17.9 Å². The van der Waals surface area contributed by atoms with Gasteiger partial charge < -0.3 is 34.4 Å². The summed E-state index contributed by atoms with van der Waals surface area (Å²) in [6.07, 6.45) is 0.363. The number of carbonyl (C=O) groups is 4. The van der Waals surface area contributed by atoms with Crippen molar-refractivity contribution in [2.75, 3.05) is 34.9 Å². The van der Waals surface area contributed by atoms with Gasteiger partial charge in [-0.2, -0.15) is 0 Å². The van der Waals surface area contributed by atoms with Gasteiger partial charge in [0.05, 0.1) is 36.3 Å². The van der Waals surface area contributed by atoms with Crippen LogP contribution in [-0.2, 0) is 39.8 Å². The van der Waals surface area contributed by atoms with Crippen molar-refractivity contribution in [3.05, 3.63) is 35.9 Å². The van der Waals surface area contributed by atoms with Crippen LogP contribution in [0.25, 0.3) is 0 Å². The van der Waals surface area contributed by atoms with Gasteiger partial charge in [0.2, 0.25) is 11.8 Å². The first kappa shape index (κ1) is 48.2. The van der Waals surface area contributed by atoms with Crippen LogP contribution in [0.15, 0.2) is 30.3 Å². The standard InChI is InChI=1S/C43H74N4O8/c1-15-28(4)37(46(12)40(51)31(27(2)3)25-35(48)43(9,10)44-11)34(53-13)26-36(49)47-23-19-22-33(47)38(54-14)29(5)39(50)45-32(41(52)55-42(6,7)8)24-30-20-17-16-18-21-30/h16-18,20-21,27-29,31-34,37-39,44-45,50H,15,19,22-26H2,1-14H3/t28-,29+,31-,32-,33-,34+,37-,38+,39?/m0/s1. The van der Waals surface area contributed by atoms with Crippen LogP contribution in [0.5, 0.6) is 0 Å². The number of hydrogen-bond donors (Lipinski definition) is 3. The number of rotatable bonds is 22. The molecule has 3 N–H and O–H groups in total. The Labute approximate surface area is 331 Å². The van der Waals surface area contributed by atoms with E-state index in [2.05, 4.69) is 24.5 Å². The number of benzene rings is 1. The van der Waals surface area contributed by atoms with Gasteiger partial charge in [-0.25, -0.2) is 0 Å². The summed E-state index contributed by atoms with van der Waals surface area (Å²) in [6, 6.07) is 8.00. The molecule has 12 heteroatoms. The van der Waals surface area contributed by atoms with Gasteiger partial charge in [0.25, 0.3) is 0 Å². The van der Waals surface area contributed by atoms with Gasteiger partial charge in [0, 0.05) is 46.1 Å². The average Bonchev–Trinajstić information content (AvgIpc) is 3.62. The Morgan fingerprint density at radius 3 is 2.11 bits per heavy atom. The van der Waals surface area contributed by atoms with E-state index in [0.717, 1.165) is 18.4 Å². The van der Waals surface area contributed by atoms with Crippen LogP contribution in [0.3, 0.4) is 0 Å². The highest BCUT2D eigenvalue weighted by Gasteiger charge is 2.43. The summed E-state index contributed by atoms with van der Waals surface area (Å²) in [5.74, 6) is -1.88. The number of aliphatic hydroxyl groups excluding tert-OH is 1. The van der Waals surface area contributed by atoms with E-state index in [4.69, 9.17) is 14.2 Å². The minimum absolute atomic E-state index is 0.000102. The van der Waals surface area contributed by atoms with E-state index in [1.165, 1.54) is 0 Å². The summed E-state index contributed by atoms with van der Waals surface area (Å²) >= 11 is 0. The fourth-order valence-corrected chi connectivity index (χ4v) is 7.62. The molecule has 1 aliphatic heterocycles. The van der Waals surface area contributed by atoms with E-state index in [0.29, 0.717) is 19.4 Å². The summed E-state index contributed by atoms with van der Waals surface area (Å²) in [7, 11) is 6.65. The summed E-state index contributed by atoms with van der Waals surface area (Å²) in [4.78, 5) is 58.6. The Morgan fingerprint density at radius 1 is 0.982 bits per heavy atom. The molecule has 1 aliphatic rings. The molecule has 1 unspecified atom stereocenters. The van der Waals surface area contributed by atoms with Gasteiger partial charge in [-0.15, -0.1) is 0 Å². The number of methoxy groups -OCH3 is 2. The molecule has 1 aromatic rings. The number of nitrogens with one attached hydrogen (secondary N) is 2. The molecule has 0 aromatic heterocycles. The Balaban J connectivity index is 2.30. The first-order valence-corrected chi connectivity index (χ1v) is 20.2. The Morgan fingerprint density at radius 2 is 1.60 bits per heavy atom. The number of aliphatic hydroxyl groups is 1. The normalized spacial score (nSPS) is 19.6. The lowest BCUT2D eigenvalue weighted by Crippen LogP contribution is -2.56. The molecule has 1 fully saturated rings. The lowest BCUT2D eigenvalue weighted by atomic mass is 9.83. The van der Waals surface area contributed by atoms with E-state index >= 15 is 0 Å². The van der Waals surface area contributed by atoms with Crippen molar-refractivity contribution in [2.24, 2.45) is 23.7 Å². The number of likely N-dealkylation sites (tertiary alicyclic amines) is 1. The van der Waals surface area contributed by atoms with Crippen molar-refractivity contribution in [3.8, 4) is 0 Å². The summed E-state index contributed by atoms with van der Waals surface area (Å²) in [5.41, 5.74) is -0.552. The lowest BCUT2D eigenvalue weighted by Gasteiger charge is -2.41. The van der Waals surface area contributed by atoms with Crippen LogP contribution < -0.4 is 10.6 Å². The highest BCUT2D eigenvalue weighted by Crippen LogP contribution is 2.31. The van der Waals surface area contributed by atoms with Crippen LogP contribution in [0.4, 0.5) is 0 Å². The molecule has 55 heavy (non-hydrogen) atoms. The van der Waals surface area contributed by atoms with Gasteiger partial charge in [-0.1, -0.05) is 71.4 Å². The molecule has 9 atom stereocenters. The Bertz CT molecular complexity index is 1370. The quantitative estimate of drug-likeness (QED) is 0.109. The zero-order valence-corrected chi connectivity index (χ0v) is 36.3. The van der Waals surface area contributed by atoms with Crippen molar-refractivity contribution < 1.29 is 38.5 Å². The molecular formula is C43H74N4O8. The molecule has 2 amide bonds. The SMILES string of the molecule is CC[C@H](C)[C@@H]([C@@H](CC(=O)N1CCC[C@H]1[C@H](OC)[C@@H](C)C(O)N[C@@H](Cc1ccccc1)C(=O)OC(C)(C)C)OC)N(C)C(=O)[C@@H](CC(=O)C(C)(C)NC)C(C)C. The van der Waals surface area contributed by atoms with E-state index in [-0.39, 0.29) is 48.3 Å². The second-order valence-corrected chi connectivity index (χ2v) is 17.4. The number of Topliss-reactive ketones (excluding diaryl/α,β-unsaturated/α-hetero) is 1. The molecule has 2 rings (SSSR count). The van der Waals surface area contributed by atoms with E-state index < -0.39 is 59.5 Å². The molecule has 12 nitrogen and oxygen atoms in total. The number of likely N-dealkylation sites (N-methyl/N-ethyl adjacent to an activating group) is 2. The number of amides is 2. The first-order valence-electron chi connectivity index (χ1n) is 20.2. The minimum Gasteiger partial charge on any atom is -0.459 e. The third-order valence-electron chi connectivity index (χ3n) is 11.6. The smallest absolute Gasteiger partial charge is 0.324 e. The summed E-state index contributed by atoms with van der Waals surface area (Å²) in [6.45, 7) is 19.5. The molecule has 314 valence electrons. The molecule has 1 aromatic carbocycles. The zero-order valence-electron chi connectivity index (χ0n) is 36.3. The van der Waals surface area contributed by atoms with Gasteiger partial charge in [-0.05, 0) is 78.3 Å². The number of carbonyl (C=O) groups excluding carboxylic acids is 4. The van der Waals surface area contributed by atoms with Crippen LogP contribution in [0, 0.1) is 23.7 Å². The average molecular weight is 775 g/mol. The Hall–Kier alpha value is -2.90. The third-order valence-corrected chi connectivity index (χ3v) is 11.6. The van der Waals surface area contributed by atoms with E-state index in [1.807, 2.05) is 90.6 Å². The van der Waals surface area contributed by atoms with Crippen molar-refractivity contribution in [1.82, 2.24) is 20.4 Å². The van der Waals surface area contributed by atoms with Crippen molar-refractivity contribution in [2.45, 2.75) is 155 Å². The molecular weight excluding hydrogens is 700 g/mol. The molecule has 0 saturated carbocycles. The van der Waals surface area contributed by atoms with Gasteiger partial charge in [-0.3, -0.25) is 24.5 Å². The number of hydrogen-bond acceptors (Lipinski definition) is 10. The maximum Gasteiger partial charge on any atom is 0.324 e. The first-order chi connectivity index (χ1) is 25.6. The molecule has 0 aliphatic carbocycles. The third kappa shape index (κ3) is 13.6. The van der Waals surface area contributed by atoms with Gasteiger partial charge >= 0.3 is 5.97 Å². The van der Waals surface area contributed by atoms with E-state index in [9.17, 15) is 24.3 Å². The monoisotopic (exact) mass is 775 g/mol. The topological polar surface area (TPSA) is 147 Å². The Kier molecular flexibility index (Phi) is 18.9. The predicted molar refractivity (Wildman–Crippen MR) is 216 cm³/mol. The van der Waals surface area contributed by atoms with Gasteiger partial charge in [0.15, 0.2) is 5.78 Å². The zero-order chi connectivity index (χ0) is 41.8. The number of nitrogens with zero attached hydrogens (tertiary/aromatic N) is 2. The van der Waals surface area contributed by atoms with Crippen LogP contribution in [0.1, 0.15) is 107 Å². The largest absolute Gasteiger partial charge is 0.459 e. The fraction of sp³-hybridized carbons (Fsp3) is 0.767. The maximum absolute atomic E-state index is 14.3. The molecule has 1 saturated heterocycles. The fourth-order valence-electron chi connectivity index (χ4n) is 7.62. The molecule has 0 radical (unpaired) electrons. The van der Waals surface area contributed by atoms with Crippen molar-refractivity contribution in [3.63, 3.8) is 0 Å². The number of ketones is 1. The highest BCUT2D eigenvalue weighted by molar-refractivity contribution is 5.92. The van der Waals surface area contributed by atoms with Crippen molar-refractivity contribution >= 4 is 23.6 Å². The minimum atomic E-state index is -1.15. The molecule has 0 bridgehead atoms. The highest BCUT2D eigenvalue weighted by atomic mass is 16.6. The second-order valence-electron chi connectivity index (χ2n) is 17.4. The predicted octanol–water partition coefficient (Wildman–Crippen LogP) is 5.00. The number of esters is 1. The van der Waals surface area contributed by atoms with Crippen LogP contribution >= 0.6 is 0 Å². The molecule has 1 heterocycles. The summed E-state index contributed by atoms with van der Waals surface area (Å²) < 4.78 is 17.8. The lowest BCUT2D eigenvalue weighted by molar-refractivity contribution is -0.159. The van der Waals surface area contributed by atoms with Crippen molar-refractivity contribution in [1.29, 1.82) is 0 Å². The maximum atomic E-state index is 14.3. The molecule has 0 spiro atoms. The number of ether oxygens (including phenoxy) is 3. The van der Waals surface area contributed by atoms with Crippen LogP contribution in [-0.4, -0.2) is 121 Å². The second kappa shape index (κ2) is 21.6. The van der Waals surface area contributed by atoms with E-state index in [1.54, 1.807) is 33.2 Å². The van der Waals surface area contributed by atoms with Crippen LogP contribution in [0.2, 0.25) is 0 Å².